The molecule has 2 N–H and O–H groups in total. The lowest BCUT2D eigenvalue weighted by atomic mass is 10.1. The maximum absolute atomic E-state index is 12.4. The molecule has 0 saturated carbocycles. The van der Waals surface area contributed by atoms with Gasteiger partial charge in [-0.15, -0.1) is 0 Å². The second kappa shape index (κ2) is 10.1. The van der Waals surface area contributed by atoms with E-state index in [1.165, 1.54) is 33.5 Å². The fourth-order valence-corrected chi connectivity index (χ4v) is 2.55. The normalized spacial score (nSPS) is 10.2. The summed E-state index contributed by atoms with van der Waals surface area (Å²) in [6.45, 7) is 1.48. The van der Waals surface area contributed by atoms with Gasteiger partial charge >= 0.3 is 0 Å². The second-order valence-electron chi connectivity index (χ2n) is 5.77. The van der Waals surface area contributed by atoms with E-state index in [-0.39, 0.29) is 11.6 Å². The lowest BCUT2D eigenvalue weighted by Crippen LogP contribution is -2.31. The number of nitrogens with zero attached hydrogens (tertiary/aromatic N) is 1. The molecule has 0 heterocycles. The number of nitro groups is 1. The molecule has 0 bridgehead atoms. The van der Waals surface area contributed by atoms with Crippen molar-refractivity contribution in [3.8, 4) is 17.2 Å². The van der Waals surface area contributed by atoms with Gasteiger partial charge in [0.15, 0.2) is 11.5 Å². The van der Waals surface area contributed by atoms with Gasteiger partial charge < -0.3 is 24.8 Å². The third kappa shape index (κ3) is 5.34. The SMILES string of the molecule is COc1cc(C(=O)NCCNCc2ccc([N+](=O)[O-])cc2)cc(OC)c1OC. The van der Waals surface area contributed by atoms with Crippen LogP contribution in [0, 0.1) is 10.1 Å². The van der Waals surface area contributed by atoms with Crippen LogP contribution in [0.3, 0.4) is 0 Å². The average Bonchev–Trinajstić information content (AvgIpc) is 2.72. The number of methoxy groups -OCH3 is 3. The number of carbonyl (C=O) groups excluding carboxylic acids is 1. The Balaban J connectivity index is 1.84. The summed E-state index contributed by atoms with van der Waals surface area (Å²) in [7, 11) is 4.47. The number of benzene rings is 2. The predicted molar refractivity (Wildman–Crippen MR) is 103 cm³/mol. The van der Waals surface area contributed by atoms with Gasteiger partial charge in [-0.25, -0.2) is 0 Å². The molecule has 0 saturated heterocycles. The summed E-state index contributed by atoms with van der Waals surface area (Å²) in [5.41, 5.74) is 1.37. The van der Waals surface area contributed by atoms with Crippen LogP contribution >= 0.6 is 0 Å². The number of ether oxygens (including phenoxy) is 3. The zero-order valence-electron chi connectivity index (χ0n) is 16.0. The number of nitrogens with one attached hydrogen (secondary N) is 2. The highest BCUT2D eigenvalue weighted by molar-refractivity contribution is 5.95. The number of amides is 1. The highest BCUT2D eigenvalue weighted by atomic mass is 16.6. The summed E-state index contributed by atoms with van der Waals surface area (Å²) in [4.78, 5) is 22.6. The van der Waals surface area contributed by atoms with Gasteiger partial charge in [0.1, 0.15) is 0 Å². The fourth-order valence-electron chi connectivity index (χ4n) is 2.55. The Labute approximate surface area is 162 Å². The molecular weight excluding hydrogens is 366 g/mol. The Morgan fingerprint density at radius 2 is 1.61 bits per heavy atom. The van der Waals surface area contributed by atoms with Gasteiger partial charge in [0, 0.05) is 37.3 Å². The van der Waals surface area contributed by atoms with Crippen LogP contribution in [0.2, 0.25) is 0 Å². The Morgan fingerprint density at radius 3 is 2.11 bits per heavy atom. The van der Waals surface area contributed by atoms with Crippen LogP contribution in [0.5, 0.6) is 17.2 Å². The number of nitro benzene ring substituents is 1. The Morgan fingerprint density at radius 1 is 1.00 bits per heavy atom. The summed E-state index contributed by atoms with van der Waals surface area (Å²) in [5, 5.41) is 16.6. The van der Waals surface area contributed by atoms with E-state index in [4.69, 9.17) is 14.2 Å². The van der Waals surface area contributed by atoms with Crippen LogP contribution in [-0.2, 0) is 6.54 Å². The molecular formula is C19H23N3O6. The number of rotatable bonds is 10. The summed E-state index contributed by atoms with van der Waals surface area (Å²) in [5.74, 6) is 0.967. The van der Waals surface area contributed by atoms with E-state index in [2.05, 4.69) is 10.6 Å². The fraction of sp³-hybridized carbons (Fsp3) is 0.316. The van der Waals surface area contributed by atoms with E-state index in [1.54, 1.807) is 24.3 Å². The van der Waals surface area contributed by atoms with Crippen molar-refractivity contribution < 1.29 is 23.9 Å². The zero-order valence-corrected chi connectivity index (χ0v) is 16.0. The van der Waals surface area contributed by atoms with E-state index < -0.39 is 4.92 Å². The lowest BCUT2D eigenvalue weighted by Gasteiger charge is -2.14. The molecule has 0 aromatic heterocycles. The summed E-state index contributed by atoms with van der Waals surface area (Å²) < 4.78 is 15.7. The minimum atomic E-state index is -0.435. The monoisotopic (exact) mass is 389 g/mol. The topological polar surface area (TPSA) is 112 Å². The van der Waals surface area contributed by atoms with Gasteiger partial charge in [-0.05, 0) is 17.7 Å². The lowest BCUT2D eigenvalue weighted by molar-refractivity contribution is -0.384. The van der Waals surface area contributed by atoms with Gasteiger partial charge in [-0.3, -0.25) is 14.9 Å². The average molecular weight is 389 g/mol. The van der Waals surface area contributed by atoms with Crippen LogP contribution in [0.15, 0.2) is 36.4 Å². The molecule has 0 fully saturated rings. The number of non-ortho nitro benzene ring substituents is 1. The largest absolute Gasteiger partial charge is 0.493 e. The zero-order chi connectivity index (χ0) is 20.5. The standard InChI is InChI=1S/C19H23N3O6/c1-26-16-10-14(11-17(27-2)18(16)28-3)19(23)21-9-8-20-12-13-4-6-15(7-5-13)22(24)25/h4-7,10-11,20H,8-9,12H2,1-3H3,(H,21,23). The van der Waals surface area contributed by atoms with Crippen molar-refractivity contribution >= 4 is 11.6 Å². The van der Waals surface area contributed by atoms with Crippen LogP contribution in [0.25, 0.3) is 0 Å². The van der Waals surface area contributed by atoms with Crippen LogP contribution in [0.1, 0.15) is 15.9 Å². The first-order valence-corrected chi connectivity index (χ1v) is 8.52. The Hall–Kier alpha value is -3.33. The van der Waals surface area contributed by atoms with Crippen LogP contribution < -0.4 is 24.8 Å². The summed E-state index contributed by atoms with van der Waals surface area (Å²) in [6.07, 6.45) is 0. The van der Waals surface area contributed by atoms with Crippen molar-refractivity contribution in [2.24, 2.45) is 0 Å². The van der Waals surface area contributed by atoms with Crippen molar-refractivity contribution in [3.05, 3.63) is 57.6 Å². The molecule has 9 heteroatoms. The Bertz CT molecular complexity index is 798. The highest BCUT2D eigenvalue weighted by Crippen LogP contribution is 2.38. The maximum Gasteiger partial charge on any atom is 0.269 e. The molecule has 0 aliphatic rings. The molecule has 0 unspecified atom stereocenters. The minimum absolute atomic E-state index is 0.0568. The predicted octanol–water partition coefficient (Wildman–Crippen LogP) is 2.14. The van der Waals surface area contributed by atoms with E-state index in [1.807, 2.05) is 0 Å². The smallest absolute Gasteiger partial charge is 0.269 e. The van der Waals surface area contributed by atoms with E-state index in [9.17, 15) is 14.9 Å². The third-order valence-corrected chi connectivity index (χ3v) is 3.99. The van der Waals surface area contributed by atoms with Crippen molar-refractivity contribution in [1.29, 1.82) is 0 Å². The van der Waals surface area contributed by atoms with Crippen molar-refractivity contribution in [2.75, 3.05) is 34.4 Å². The van der Waals surface area contributed by atoms with Gasteiger partial charge in [0.2, 0.25) is 5.75 Å². The quantitative estimate of drug-likeness (QED) is 0.364. The molecule has 2 aromatic carbocycles. The first-order chi connectivity index (χ1) is 13.5. The van der Waals surface area contributed by atoms with Gasteiger partial charge in [0.25, 0.3) is 11.6 Å². The molecule has 28 heavy (non-hydrogen) atoms. The highest BCUT2D eigenvalue weighted by Gasteiger charge is 2.16. The van der Waals surface area contributed by atoms with Gasteiger partial charge in [-0.1, -0.05) is 12.1 Å². The molecule has 150 valence electrons. The Kier molecular flexibility index (Phi) is 7.58. The van der Waals surface area contributed by atoms with Crippen molar-refractivity contribution in [1.82, 2.24) is 10.6 Å². The molecule has 0 aliphatic carbocycles. The van der Waals surface area contributed by atoms with E-state index in [0.717, 1.165) is 5.56 Å². The first-order valence-electron chi connectivity index (χ1n) is 8.52. The number of hydrogen-bond acceptors (Lipinski definition) is 7. The first kappa shape index (κ1) is 21.0. The molecule has 0 radical (unpaired) electrons. The number of hydrogen-bond donors (Lipinski definition) is 2. The van der Waals surface area contributed by atoms with E-state index in [0.29, 0.717) is 42.4 Å². The van der Waals surface area contributed by atoms with Gasteiger partial charge in [-0.2, -0.15) is 0 Å². The summed E-state index contributed by atoms with van der Waals surface area (Å²) >= 11 is 0. The molecule has 0 spiro atoms. The third-order valence-electron chi connectivity index (χ3n) is 3.99. The molecule has 0 atom stereocenters. The van der Waals surface area contributed by atoms with Crippen molar-refractivity contribution in [3.63, 3.8) is 0 Å². The molecule has 2 rings (SSSR count). The molecule has 2 aromatic rings. The molecule has 9 nitrogen and oxygen atoms in total. The van der Waals surface area contributed by atoms with Crippen LogP contribution in [-0.4, -0.2) is 45.2 Å². The van der Waals surface area contributed by atoms with E-state index >= 15 is 0 Å². The molecule has 0 aliphatic heterocycles. The maximum atomic E-state index is 12.4. The number of carbonyl (C=O) groups is 1. The van der Waals surface area contributed by atoms with Gasteiger partial charge in [0.05, 0.1) is 26.3 Å². The van der Waals surface area contributed by atoms with Crippen LogP contribution in [0.4, 0.5) is 5.69 Å². The summed E-state index contributed by atoms with van der Waals surface area (Å²) in [6, 6.07) is 9.48. The second-order valence-corrected chi connectivity index (χ2v) is 5.77. The van der Waals surface area contributed by atoms with Crippen molar-refractivity contribution in [2.45, 2.75) is 6.54 Å². The minimum Gasteiger partial charge on any atom is -0.493 e. The molecule has 1 amide bonds.